The number of hydrogen-bond acceptors (Lipinski definition) is 3. The van der Waals surface area contributed by atoms with Gasteiger partial charge in [-0.2, -0.15) is 13.2 Å². The van der Waals surface area contributed by atoms with Crippen LogP contribution >= 0.6 is 0 Å². The highest BCUT2D eigenvalue weighted by Crippen LogP contribution is 2.37. The van der Waals surface area contributed by atoms with E-state index < -0.39 is 30.0 Å². The second-order valence-corrected chi connectivity index (χ2v) is 3.83. The maximum atomic E-state index is 12.7. The summed E-state index contributed by atoms with van der Waals surface area (Å²) in [4.78, 5) is 12.5. The minimum Gasteiger partial charge on any atom is -0.483 e. The largest absolute Gasteiger partial charge is 0.483 e. The molecule has 0 aliphatic carbocycles. The van der Waals surface area contributed by atoms with Crippen molar-refractivity contribution in [2.24, 2.45) is 0 Å². The van der Waals surface area contributed by atoms with E-state index in [2.05, 4.69) is 0 Å². The number of alkyl halides is 3. The first kappa shape index (κ1) is 14.1. The lowest BCUT2D eigenvalue weighted by atomic mass is 10.1. The number of halogens is 3. The SMILES string of the molecule is CN(C)C(=O)COc1ccc(N)cc1C(F)(F)F. The normalized spacial score (nSPS) is 11.2. The first-order valence-electron chi connectivity index (χ1n) is 5.01. The van der Waals surface area contributed by atoms with Gasteiger partial charge in [-0.25, -0.2) is 0 Å². The fourth-order valence-electron chi connectivity index (χ4n) is 1.16. The summed E-state index contributed by atoms with van der Waals surface area (Å²) in [6.07, 6.45) is -4.58. The number of carbonyl (C=O) groups is 1. The Balaban J connectivity index is 2.92. The number of hydrogen-bond donors (Lipinski definition) is 1. The maximum absolute atomic E-state index is 12.7. The molecule has 4 nitrogen and oxygen atoms in total. The zero-order chi connectivity index (χ0) is 13.9. The molecule has 0 fully saturated rings. The average Bonchev–Trinajstić information content (AvgIpc) is 2.25. The number of amides is 1. The van der Waals surface area contributed by atoms with Crippen LogP contribution in [-0.4, -0.2) is 31.5 Å². The number of nitrogens with zero attached hydrogens (tertiary/aromatic N) is 1. The molecule has 100 valence electrons. The highest BCUT2D eigenvalue weighted by molar-refractivity contribution is 5.77. The van der Waals surface area contributed by atoms with Crippen LogP contribution in [-0.2, 0) is 11.0 Å². The van der Waals surface area contributed by atoms with Crippen LogP contribution in [0, 0.1) is 0 Å². The van der Waals surface area contributed by atoms with Crippen LogP contribution in [0.2, 0.25) is 0 Å². The Kier molecular flexibility index (Phi) is 4.05. The van der Waals surface area contributed by atoms with Gasteiger partial charge in [0.1, 0.15) is 5.75 Å². The van der Waals surface area contributed by atoms with E-state index in [0.717, 1.165) is 12.1 Å². The summed E-state index contributed by atoms with van der Waals surface area (Å²) in [5.74, 6) is -0.841. The zero-order valence-corrected chi connectivity index (χ0v) is 9.91. The van der Waals surface area contributed by atoms with Crippen LogP contribution in [0.5, 0.6) is 5.75 Å². The fourth-order valence-corrected chi connectivity index (χ4v) is 1.16. The number of nitrogen functional groups attached to an aromatic ring is 1. The molecule has 0 atom stereocenters. The highest BCUT2D eigenvalue weighted by Gasteiger charge is 2.34. The van der Waals surface area contributed by atoms with Gasteiger partial charge in [-0.05, 0) is 18.2 Å². The van der Waals surface area contributed by atoms with Crippen molar-refractivity contribution < 1.29 is 22.7 Å². The summed E-state index contributed by atoms with van der Waals surface area (Å²) in [7, 11) is 2.97. The molecule has 0 aliphatic rings. The fraction of sp³-hybridized carbons (Fsp3) is 0.364. The topological polar surface area (TPSA) is 55.6 Å². The average molecular weight is 262 g/mol. The van der Waals surface area contributed by atoms with Gasteiger partial charge in [0.15, 0.2) is 6.61 Å². The lowest BCUT2D eigenvalue weighted by Crippen LogP contribution is -2.28. The molecule has 2 N–H and O–H groups in total. The van der Waals surface area contributed by atoms with Gasteiger partial charge >= 0.3 is 6.18 Å². The van der Waals surface area contributed by atoms with Crippen molar-refractivity contribution in [1.82, 2.24) is 4.90 Å². The molecule has 0 saturated carbocycles. The van der Waals surface area contributed by atoms with E-state index in [-0.39, 0.29) is 5.69 Å². The Hall–Kier alpha value is -1.92. The predicted molar refractivity (Wildman–Crippen MR) is 60.0 cm³/mol. The smallest absolute Gasteiger partial charge is 0.420 e. The number of rotatable bonds is 3. The maximum Gasteiger partial charge on any atom is 0.420 e. The molecule has 1 aromatic rings. The third-order valence-electron chi connectivity index (χ3n) is 2.16. The molecule has 0 heterocycles. The Morgan fingerprint density at radius 1 is 1.39 bits per heavy atom. The Morgan fingerprint density at radius 2 is 2.00 bits per heavy atom. The lowest BCUT2D eigenvalue weighted by molar-refractivity contribution is -0.140. The molecule has 0 bridgehead atoms. The quantitative estimate of drug-likeness (QED) is 0.844. The number of nitrogens with two attached hydrogens (primary N) is 1. The number of likely N-dealkylation sites (N-methyl/N-ethyl adjacent to an activating group) is 1. The monoisotopic (exact) mass is 262 g/mol. The molecular weight excluding hydrogens is 249 g/mol. The van der Waals surface area contributed by atoms with Gasteiger partial charge in [-0.3, -0.25) is 4.79 Å². The second-order valence-electron chi connectivity index (χ2n) is 3.83. The summed E-state index contributed by atoms with van der Waals surface area (Å²) in [5, 5.41) is 0. The van der Waals surface area contributed by atoms with Gasteiger partial charge in [0, 0.05) is 19.8 Å². The molecule has 0 aliphatic heterocycles. The van der Waals surface area contributed by atoms with Gasteiger partial charge in [0.2, 0.25) is 0 Å². The van der Waals surface area contributed by atoms with Crippen molar-refractivity contribution in [1.29, 1.82) is 0 Å². The van der Waals surface area contributed by atoms with Crippen LogP contribution in [0.4, 0.5) is 18.9 Å². The molecule has 18 heavy (non-hydrogen) atoms. The number of benzene rings is 1. The van der Waals surface area contributed by atoms with Crippen molar-refractivity contribution in [2.75, 3.05) is 26.4 Å². The Bertz CT molecular complexity index is 444. The molecule has 1 aromatic carbocycles. The van der Waals surface area contributed by atoms with E-state index in [1.165, 1.54) is 25.1 Å². The third-order valence-corrected chi connectivity index (χ3v) is 2.16. The van der Waals surface area contributed by atoms with Crippen LogP contribution in [0.1, 0.15) is 5.56 Å². The molecule has 0 unspecified atom stereocenters. The van der Waals surface area contributed by atoms with Gasteiger partial charge in [0.25, 0.3) is 5.91 Å². The number of ether oxygens (including phenoxy) is 1. The van der Waals surface area contributed by atoms with Gasteiger partial charge in [-0.15, -0.1) is 0 Å². The first-order chi connectivity index (χ1) is 8.21. The summed E-state index contributed by atoms with van der Waals surface area (Å²) in [6, 6.07) is 3.15. The van der Waals surface area contributed by atoms with Gasteiger partial charge in [-0.1, -0.05) is 0 Å². The summed E-state index contributed by atoms with van der Waals surface area (Å²) < 4.78 is 42.9. The van der Waals surface area contributed by atoms with Crippen LogP contribution in [0.15, 0.2) is 18.2 Å². The van der Waals surface area contributed by atoms with Crippen molar-refractivity contribution in [3.05, 3.63) is 23.8 Å². The molecule has 7 heteroatoms. The van der Waals surface area contributed by atoms with E-state index in [4.69, 9.17) is 10.5 Å². The zero-order valence-electron chi connectivity index (χ0n) is 9.91. The van der Waals surface area contributed by atoms with Crippen molar-refractivity contribution >= 4 is 11.6 Å². The van der Waals surface area contributed by atoms with E-state index in [0.29, 0.717) is 0 Å². The van der Waals surface area contributed by atoms with E-state index in [9.17, 15) is 18.0 Å². The molecule has 0 radical (unpaired) electrons. The van der Waals surface area contributed by atoms with Crippen molar-refractivity contribution in [2.45, 2.75) is 6.18 Å². The van der Waals surface area contributed by atoms with E-state index in [1.54, 1.807) is 0 Å². The van der Waals surface area contributed by atoms with E-state index in [1.807, 2.05) is 0 Å². The summed E-state index contributed by atoms with van der Waals surface area (Å²) in [5.41, 5.74) is 4.29. The lowest BCUT2D eigenvalue weighted by Gasteiger charge is -2.15. The van der Waals surface area contributed by atoms with Crippen LogP contribution in [0.25, 0.3) is 0 Å². The standard InChI is InChI=1S/C11H13F3N2O2/c1-16(2)10(17)6-18-9-4-3-7(15)5-8(9)11(12,13)14/h3-5H,6,15H2,1-2H3. The highest BCUT2D eigenvalue weighted by atomic mass is 19.4. The minimum atomic E-state index is -4.58. The van der Waals surface area contributed by atoms with Crippen molar-refractivity contribution in [3.63, 3.8) is 0 Å². The molecule has 0 aromatic heterocycles. The van der Waals surface area contributed by atoms with Gasteiger partial charge in [0.05, 0.1) is 5.56 Å². The Labute approximate surface area is 102 Å². The molecule has 1 amide bonds. The first-order valence-corrected chi connectivity index (χ1v) is 5.01. The summed E-state index contributed by atoms with van der Waals surface area (Å²) >= 11 is 0. The predicted octanol–water partition coefficient (Wildman–Crippen LogP) is 1.75. The number of carbonyl (C=O) groups excluding carboxylic acids is 1. The molecule has 0 saturated heterocycles. The Morgan fingerprint density at radius 3 is 2.50 bits per heavy atom. The van der Waals surface area contributed by atoms with Crippen LogP contribution < -0.4 is 10.5 Å². The molecule has 0 spiro atoms. The summed E-state index contributed by atoms with van der Waals surface area (Å²) in [6.45, 7) is -0.458. The molecule has 1 rings (SSSR count). The minimum absolute atomic E-state index is 0.0198. The van der Waals surface area contributed by atoms with E-state index >= 15 is 0 Å². The number of anilines is 1. The third kappa shape index (κ3) is 3.54. The second kappa shape index (κ2) is 5.16. The van der Waals surface area contributed by atoms with Crippen LogP contribution in [0.3, 0.4) is 0 Å². The molecular formula is C11H13F3N2O2. The van der Waals surface area contributed by atoms with Gasteiger partial charge < -0.3 is 15.4 Å². The van der Waals surface area contributed by atoms with Crippen molar-refractivity contribution in [3.8, 4) is 5.75 Å².